The molecule has 33 heavy (non-hydrogen) atoms. The number of ether oxygens (including phenoxy) is 2. The molecule has 0 bridgehead atoms. The maximum atomic E-state index is 13.7. The standard InChI is InChI=1S/C23H22F5NO4/c1-12-4-3-5-13(2)29(12)17(30)11-32-15-8-6-14(7-9-15)23(31)33-10-16-18(24)20(26)22(28)21(27)19(16)25/h6-9,12-13H,3-5,10-11H2,1-2H3/t12-,13-/m0/s1. The van der Waals surface area contributed by atoms with Crippen LogP contribution in [0.15, 0.2) is 24.3 Å². The SMILES string of the molecule is C[C@H]1CCC[C@H](C)N1C(=O)COc1ccc(C(=O)OCc2c(F)c(F)c(F)c(F)c2F)cc1. The number of carbonyl (C=O) groups excluding carboxylic acids is 2. The van der Waals surface area contributed by atoms with Crippen LogP contribution in [-0.2, 0) is 16.1 Å². The van der Waals surface area contributed by atoms with Gasteiger partial charge < -0.3 is 14.4 Å². The van der Waals surface area contributed by atoms with Gasteiger partial charge >= 0.3 is 5.97 Å². The molecule has 1 fully saturated rings. The highest BCUT2D eigenvalue weighted by atomic mass is 19.2. The third-order valence-corrected chi connectivity index (χ3v) is 5.58. The van der Waals surface area contributed by atoms with Gasteiger partial charge in [0.25, 0.3) is 5.91 Å². The van der Waals surface area contributed by atoms with Crippen molar-refractivity contribution in [3.05, 3.63) is 64.5 Å². The van der Waals surface area contributed by atoms with Gasteiger partial charge in [0, 0.05) is 12.1 Å². The number of benzene rings is 2. The van der Waals surface area contributed by atoms with Gasteiger partial charge in [-0.1, -0.05) is 0 Å². The highest BCUT2D eigenvalue weighted by Crippen LogP contribution is 2.25. The van der Waals surface area contributed by atoms with E-state index in [0.29, 0.717) is 5.75 Å². The first-order valence-corrected chi connectivity index (χ1v) is 10.3. The fourth-order valence-corrected chi connectivity index (χ4v) is 3.82. The number of carbonyl (C=O) groups is 2. The Kier molecular flexibility index (Phi) is 7.55. The van der Waals surface area contributed by atoms with E-state index >= 15 is 0 Å². The van der Waals surface area contributed by atoms with Gasteiger partial charge in [-0.3, -0.25) is 4.79 Å². The maximum Gasteiger partial charge on any atom is 0.338 e. The summed E-state index contributed by atoms with van der Waals surface area (Å²) in [5, 5.41) is 0. The minimum absolute atomic E-state index is 0.0455. The van der Waals surface area contributed by atoms with E-state index in [0.717, 1.165) is 19.3 Å². The van der Waals surface area contributed by atoms with Crippen LogP contribution in [-0.4, -0.2) is 35.5 Å². The molecule has 2 atom stereocenters. The zero-order valence-electron chi connectivity index (χ0n) is 18.0. The lowest BCUT2D eigenvalue weighted by Crippen LogP contribution is -2.49. The smallest absolute Gasteiger partial charge is 0.338 e. The van der Waals surface area contributed by atoms with Crippen molar-refractivity contribution in [3.8, 4) is 5.75 Å². The largest absolute Gasteiger partial charge is 0.484 e. The first kappa shape index (κ1) is 24.5. The molecule has 1 heterocycles. The summed E-state index contributed by atoms with van der Waals surface area (Å²) < 4.78 is 77.1. The Balaban J connectivity index is 1.58. The summed E-state index contributed by atoms with van der Waals surface area (Å²) in [6.45, 7) is 2.64. The molecule has 0 saturated carbocycles. The predicted molar refractivity (Wildman–Crippen MR) is 107 cm³/mol. The van der Waals surface area contributed by atoms with Gasteiger partial charge in [0.15, 0.2) is 29.9 Å². The van der Waals surface area contributed by atoms with E-state index in [1.54, 1.807) is 4.90 Å². The second kappa shape index (κ2) is 10.2. The third-order valence-electron chi connectivity index (χ3n) is 5.58. The molecule has 0 radical (unpaired) electrons. The number of likely N-dealkylation sites (tertiary alicyclic amines) is 1. The van der Waals surface area contributed by atoms with Crippen molar-refractivity contribution < 1.29 is 41.0 Å². The molecular formula is C23H22F5NO4. The second-order valence-electron chi connectivity index (χ2n) is 7.87. The molecular weight excluding hydrogens is 449 g/mol. The average Bonchev–Trinajstić information content (AvgIpc) is 2.80. The Morgan fingerprint density at radius 1 is 0.879 bits per heavy atom. The van der Waals surface area contributed by atoms with Crippen molar-refractivity contribution in [1.29, 1.82) is 0 Å². The molecule has 1 saturated heterocycles. The first-order chi connectivity index (χ1) is 15.6. The van der Waals surface area contributed by atoms with Crippen LogP contribution < -0.4 is 4.74 Å². The molecule has 2 aromatic carbocycles. The van der Waals surface area contributed by atoms with Crippen LogP contribution in [0.3, 0.4) is 0 Å². The van der Waals surface area contributed by atoms with Crippen molar-refractivity contribution in [3.63, 3.8) is 0 Å². The second-order valence-corrected chi connectivity index (χ2v) is 7.87. The molecule has 1 amide bonds. The maximum absolute atomic E-state index is 13.7. The molecule has 10 heteroatoms. The molecule has 3 rings (SSSR count). The van der Waals surface area contributed by atoms with Gasteiger partial charge in [0.1, 0.15) is 12.4 Å². The van der Waals surface area contributed by atoms with Crippen LogP contribution in [0, 0.1) is 29.1 Å². The van der Waals surface area contributed by atoms with Crippen molar-refractivity contribution in [2.24, 2.45) is 0 Å². The Bertz CT molecular complexity index is 1010. The van der Waals surface area contributed by atoms with Gasteiger partial charge in [0.05, 0.1) is 11.1 Å². The van der Waals surface area contributed by atoms with Gasteiger partial charge in [-0.25, -0.2) is 26.7 Å². The van der Waals surface area contributed by atoms with E-state index in [-0.39, 0.29) is 30.2 Å². The normalized spacial score (nSPS) is 18.2. The summed E-state index contributed by atoms with van der Waals surface area (Å²) in [5.74, 6) is -11.6. The Labute approximate surface area is 187 Å². The number of hydrogen-bond donors (Lipinski definition) is 0. The number of halogens is 5. The van der Waals surface area contributed by atoms with Gasteiger partial charge in [-0.05, 0) is 57.4 Å². The van der Waals surface area contributed by atoms with E-state index < -0.39 is 47.2 Å². The van der Waals surface area contributed by atoms with Crippen LogP contribution in [0.25, 0.3) is 0 Å². The van der Waals surface area contributed by atoms with E-state index in [2.05, 4.69) is 0 Å². The highest BCUT2D eigenvalue weighted by molar-refractivity contribution is 5.89. The Hall–Kier alpha value is -3.17. The molecule has 0 unspecified atom stereocenters. The van der Waals surface area contributed by atoms with Crippen LogP contribution >= 0.6 is 0 Å². The molecule has 0 aliphatic carbocycles. The van der Waals surface area contributed by atoms with Crippen molar-refractivity contribution in [1.82, 2.24) is 4.90 Å². The number of rotatable bonds is 6. The number of piperidine rings is 1. The van der Waals surface area contributed by atoms with E-state index in [1.165, 1.54) is 24.3 Å². The fraction of sp³-hybridized carbons (Fsp3) is 0.391. The van der Waals surface area contributed by atoms with Crippen molar-refractivity contribution in [2.45, 2.75) is 51.8 Å². The summed E-state index contributed by atoms with van der Waals surface area (Å²) in [6, 6.07) is 5.61. The van der Waals surface area contributed by atoms with Gasteiger partial charge in [-0.2, -0.15) is 0 Å². The first-order valence-electron chi connectivity index (χ1n) is 10.3. The van der Waals surface area contributed by atoms with Crippen LogP contribution in [0.1, 0.15) is 49.0 Å². The van der Waals surface area contributed by atoms with Crippen LogP contribution in [0.4, 0.5) is 22.0 Å². The monoisotopic (exact) mass is 471 g/mol. The summed E-state index contributed by atoms with van der Waals surface area (Å²) in [5.41, 5.74) is -1.30. The van der Waals surface area contributed by atoms with Crippen LogP contribution in [0.2, 0.25) is 0 Å². The van der Waals surface area contributed by atoms with E-state index in [9.17, 15) is 31.5 Å². The van der Waals surface area contributed by atoms with Gasteiger partial charge in [-0.15, -0.1) is 0 Å². The Morgan fingerprint density at radius 3 is 1.94 bits per heavy atom. The summed E-state index contributed by atoms with van der Waals surface area (Å²) in [6.07, 6.45) is 2.92. The number of hydrogen-bond acceptors (Lipinski definition) is 4. The molecule has 0 spiro atoms. The molecule has 1 aliphatic heterocycles. The van der Waals surface area contributed by atoms with Crippen LogP contribution in [0.5, 0.6) is 5.75 Å². The molecule has 2 aromatic rings. The zero-order valence-corrected chi connectivity index (χ0v) is 18.0. The molecule has 0 N–H and O–H groups in total. The summed E-state index contributed by atoms with van der Waals surface area (Å²) in [7, 11) is 0. The average molecular weight is 471 g/mol. The summed E-state index contributed by atoms with van der Waals surface area (Å²) >= 11 is 0. The topological polar surface area (TPSA) is 55.8 Å². The predicted octanol–water partition coefficient (Wildman–Crippen LogP) is 4.91. The molecule has 178 valence electrons. The lowest BCUT2D eigenvalue weighted by Gasteiger charge is -2.38. The highest BCUT2D eigenvalue weighted by Gasteiger charge is 2.29. The zero-order chi connectivity index (χ0) is 24.3. The van der Waals surface area contributed by atoms with Crippen molar-refractivity contribution >= 4 is 11.9 Å². The molecule has 5 nitrogen and oxygen atoms in total. The summed E-state index contributed by atoms with van der Waals surface area (Å²) in [4.78, 5) is 26.4. The fourth-order valence-electron chi connectivity index (χ4n) is 3.82. The number of esters is 1. The number of nitrogens with zero attached hydrogens (tertiary/aromatic N) is 1. The third kappa shape index (κ3) is 5.26. The van der Waals surface area contributed by atoms with E-state index in [1.807, 2.05) is 13.8 Å². The lowest BCUT2D eigenvalue weighted by molar-refractivity contribution is -0.139. The van der Waals surface area contributed by atoms with Crippen molar-refractivity contribution in [2.75, 3.05) is 6.61 Å². The lowest BCUT2D eigenvalue weighted by atomic mass is 9.97. The van der Waals surface area contributed by atoms with E-state index in [4.69, 9.17) is 9.47 Å². The Morgan fingerprint density at radius 2 is 1.39 bits per heavy atom. The minimum Gasteiger partial charge on any atom is -0.484 e. The van der Waals surface area contributed by atoms with Gasteiger partial charge in [0.2, 0.25) is 5.82 Å². The molecule has 1 aliphatic rings. The quantitative estimate of drug-likeness (QED) is 0.260. The minimum atomic E-state index is -2.29. The molecule has 0 aromatic heterocycles. The number of amides is 1.